The molecule has 0 radical (unpaired) electrons. The maximum absolute atomic E-state index is 13.3. The van der Waals surface area contributed by atoms with Gasteiger partial charge in [0.05, 0.1) is 0 Å². The minimum atomic E-state index is -0.519. The highest BCUT2D eigenvalue weighted by molar-refractivity contribution is 5.88. The lowest BCUT2D eigenvalue weighted by atomic mass is 10.1. The van der Waals surface area contributed by atoms with E-state index in [0.29, 0.717) is 18.7 Å². The average Bonchev–Trinajstić information content (AvgIpc) is 3.26. The summed E-state index contributed by atoms with van der Waals surface area (Å²) < 4.78 is 5.83. The molecule has 166 valence electrons. The number of rotatable bonds is 9. The average molecular weight is 423 g/mol. The number of carbonyl (C=O) groups excluding carboxylic acids is 2. The number of ether oxygens (including phenoxy) is 1. The van der Waals surface area contributed by atoms with Crippen LogP contribution in [0.3, 0.4) is 0 Å². The fraction of sp³-hybridized carbons (Fsp3) is 0.462. The van der Waals surface area contributed by atoms with Crippen LogP contribution in [0.25, 0.3) is 0 Å². The molecule has 0 aromatic heterocycles. The number of para-hydroxylation sites is 1. The zero-order chi connectivity index (χ0) is 22.2. The molecular formula is C26H34N2O3. The molecule has 0 aliphatic heterocycles. The van der Waals surface area contributed by atoms with Gasteiger partial charge in [-0.1, -0.05) is 67.8 Å². The molecule has 5 nitrogen and oxygen atoms in total. The Kier molecular flexibility index (Phi) is 8.10. The van der Waals surface area contributed by atoms with E-state index in [4.69, 9.17) is 4.74 Å². The van der Waals surface area contributed by atoms with Crippen LogP contribution in [-0.2, 0) is 16.1 Å². The smallest absolute Gasteiger partial charge is 0.261 e. The minimum absolute atomic E-state index is 0.0636. The Morgan fingerprint density at radius 2 is 1.84 bits per heavy atom. The SMILES string of the molecule is CCC(C(=O)NC1CCCC1)N(Cc1cccc(C)c1)C(=O)COc1ccccc1C. The van der Waals surface area contributed by atoms with Crippen LogP contribution in [0.2, 0.25) is 0 Å². The van der Waals surface area contributed by atoms with E-state index in [-0.39, 0.29) is 24.5 Å². The van der Waals surface area contributed by atoms with E-state index in [9.17, 15) is 9.59 Å². The van der Waals surface area contributed by atoms with Crippen LogP contribution in [0, 0.1) is 13.8 Å². The van der Waals surface area contributed by atoms with Crippen molar-refractivity contribution in [2.24, 2.45) is 0 Å². The summed E-state index contributed by atoms with van der Waals surface area (Å²) >= 11 is 0. The second-order valence-corrected chi connectivity index (χ2v) is 8.48. The van der Waals surface area contributed by atoms with Crippen molar-refractivity contribution in [2.45, 2.75) is 71.5 Å². The molecule has 0 heterocycles. The summed E-state index contributed by atoms with van der Waals surface area (Å²) in [7, 11) is 0. The molecule has 2 aromatic carbocycles. The Labute approximate surface area is 185 Å². The lowest BCUT2D eigenvalue weighted by Gasteiger charge is -2.31. The fourth-order valence-electron chi connectivity index (χ4n) is 4.23. The maximum Gasteiger partial charge on any atom is 0.261 e. The van der Waals surface area contributed by atoms with Gasteiger partial charge in [0.25, 0.3) is 5.91 Å². The van der Waals surface area contributed by atoms with Gasteiger partial charge in [-0.15, -0.1) is 0 Å². The summed E-state index contributed by atoms with van der Waals surface area (Å²) in [5, 5.41) is 3.17. The Morgan fingerprint density at radius 1 is 1.10 bits per heavy atom. The summed E-state index contributed by atoms with van der Waals surface area (Å²) in [6.07, 6.45) is 4.89. The van der Waals surface area contributed by atoms with Gasteiger partial charge in [0.15, 0.2) is 6.61 Å². The molecule has 0 bridgehead atoms. The summed E-state index contributed by atoms with van der Waals surface area (Å²) in [6, 6.07) is 15.4. The van der Waals surface area contributed by atoms with Gasteiger partial charge in [0, 0.05) is 12.6 Å². The summed E-state index contributed by atoms with van der Waals surface area (Å²) in [5.41, 5.74) is 3.12. The maximum atomic E-state index is 13.3. The van der Waals surface area contributed by atoms with Gasteiger partial charge in [-0.3, -0.25) is 9.59 Å². The van der Waals surface area contributed by atoms with Gasteiger partial charge in [-0.05, 0) is 50.3 Å². The van der Waals surface area contributed by atoms with Crippen LogP contribution in [-0.4, -0.2) is 35.4 Å². The van der Waals surface area contributed by atoms with Crippen LogP contribution in [0.4, 0.5) is 0 Å². The monoisotopic (exact) mass is 422 g/mol. The first-order valence-electron chi connectivity index (χ1n) is 11.3. The number of carbonyl (C=O) groups is 2. The number of hydrogen-bond donors (Lipinski definition) is 1. The molecule has 2 amide bonds. The number of nitrogens with one attached hydrogen (secondary N) is 1. The van der Waals surface area contributed by atoms with E-state index >= 15 is 0 Å². The molecule has 5 heteroatoms. The van der Waals surface area contributed by atoms with E-state index < -0.39 is 6.04 Å². The lowest BCUT2D eigenvalue weighted by molar-refractivity contribution is -0.143. The third-order valence-electron chi connectivity index (χ3n) is 5.97. The minimum Gasteiger partial charge on any atom is -0.484 e. The molecule has 1 fully saturated rings. The largest absolute Gasteiger partial charge is 0.484 e. The van der Waals surface area contributed by atoms with Crippen molar-refractivity contribution < 1.29 is 14.3 Å². The van der Waals surface area contributed by atoms with Crippen LogP contribution in [0.1, 0.15) is 55.7 Å². The Morgan fingerprint density at radius 3 is 2.52 bits per heavy atom. The van der Waals surface area contributed by atoms with Crippen molar-refractivity contribution in [1.82, 2.24) is 10.2 Å². The molecule has 0 saturated heterocycles. The van der Waals surface area contributed by atoms with Crippen LogP contribution in [0.5, 0.6) is 5.75 Å². The molecule has 0 spiro atoms. The predicted molar refractivity (Wildman–Crippen MR) is 123 cm³/mol. The van der Waals surface area contributed by atoms with E-state index in [2.05, 4.69) is 11.4 Å². The molecule has 1 unspecified atom stereocenters. The van der Waals surface area contributed by atoms with Crippen LogP contribution < -0.4 is 10.1 Å². The fourth-order valence-corrected chi connectivity index (χ4v) is 4.23. The van der Waals surface area contributed by atoms with Crippen molar-refractivity contribution in [3.63, 3.8) is 0 Å². The van der Waals surface area contributed by atoms with Gasteiger partial charge < -0.3 is 15.0 Å². The standard InChI is InChI=1S/C26H34N2O3/c1-4-23(26(30)27-22-13-6-7-14-22)28(17-21-12-9-10-19(2)16-21)25(29)18-31-24-15-8-5-11-20(24)3/h5,8-12,15-16,22-23H,4,6-7,13-14,17-18H2,1-3H3,(H,27,30). The van der Waals surface area contributed by atoms with E-state index in [1.807, 2.05) is 63.2 Å². The van der Waals surface area contributed by atoms with Gasteiger partial charge in [-0.25, -0.2) is 0 Å². The molecule has 1 saturated carbocycles. The highest BCUT2D eigenvalue weighted by Gasteiger charge is 2.30. The number of nitrogens with zero attached hydrogens (tertiary/aromatic N) is 1. The van der Waals surface area contributed by atoms with E-state index in [1.165, 1.54) is 0 Å². The van der Waals surface area contributed by atoms with Gasteiger partial charge >= 0.3 is 0 Å². The van der Waals surface area contributed by atoms with Gasteiger partial charge in [-0.2, -0.15) is 0 Å². The van der Waals surface area contributed by atoms with E-state index in [0.717, 1.165) is 42.4 Å². The van der Waals surface area contributed by atoms with Crippen molar-refractivity contribution >= 4 is 11.8 Å². The summed E-state index contributed by atoms with van der Waals surface area (Å²) in [5.74, 6) is 0.444. The first kappa shape index (κ1) is 22.9. The van der Waals surface area contributed by atoms with E-state index in [1.54, 1.807) is 4.90 Å². The second kappa shape index (κ2) is 11.0. The Bertz CT molecular complexity index is 890. The first-order valence-corrected chi connectivity index (χ1v) is 11.3. The number of benzene rings is 2. The molecule has 3 rings (SSSR count). The van der Waals surface area contributed by atoms with Crippen LogP contribution >= 0.6 is 0 Å². The normalized spacial score (nSPS) is 14.8. The molecular weight excluding hydrogens is 388 g/mol. The Balaban J connectivity index is 1.77. The molecule has 1 aliphatic carbocycles. The quantitative estimate of drug-likeness (QED) is 0.645. The number of aryl methyl sites for hydroxylation is 2. The van der Waals surface area contributed by atoms with Gasteiger partial charge in [0.1, 0.15) is 11.8 Å². The van der Waals surface area contributed by atoms with Crippen molar-refractivity contribution in [3.8, 4) is 5.75 Å². The van der Waals surface area contributed by atoms with Crippen molar-refractivity contribution in [2.75, 3.05) is 6.61 Å². The Hall–Kier alpha value is -2.82. The summed E-state index contributed by atoms with van der Waals surface area (Å²) in [4.78, 5) is 28.1. The number of hydrogen-bond acceptors (Lipinski definition) is 3. The third-order valence-corrected chi connectivity index (χ3v) is 5.97. The zero-order valence-corrected chi connectivity index (χ0v) is 18.9. The topological polar surface area (TPSA) is 58.6 Å². The van der Waals surface area contributed by atoms with Crippen molar-refractivity contribution in [3.05, 3.63) is 65.2 Å². The molecule has 2 aromatic rings. The highest BCUT2D eigenvalue weighted by Crippen LogP contribution is 2.20. The molecule has 1 atom stereocenters. The molecule has 31 heavy (non-hydrogen) atoms. The predicted octanol–water partition coefficient (Wildman–Crippen LogP) is 4.55. The van der Waals surface area contributed by atoms with Crippen molar-refractivity contribution in [1.29, 1.82) is 0 Å². The zero-order valence-electron chi connectivity index (χ0n) is 18.9. The lowest BCUT2D eigenvalue weighted by Crippen LogP contribution is -2.52. The molecule has 1 aliphatic rings. The molecule has 1 N–H and O–H groups in total. The number of amides is 2. The first-order chi connectivity index (χ1) is 15.0. The van der Waals surface area contributed by atoms with Crippen LogP contribution in [0.15, 0.2) is 48.5 Å². The second-order valence-electron chi connectivity index (χ2n) is 8.48. The summed E-state index contributed by atoms with van der Waals surface area (Å²) in [6.45, 7) is 6.23. The van der Waals surface area contributed by atoms with Gasteiger partial charge in [0.2, 0.25) is 5.91 Å². The third kappa shape index (κ3) is 6.33. The highest BCUT2D eigenvalue weighted by atomic mass is 16.5.